The van der Waals surface area contributed by atoms with E-state index >= 15 is 0 Å². The van der Waals surface area contributed by atoms with Gasteiger partial charge in [-0.1, -0.05) is 23.7 Å². The fourth-order valence-electron chi connectivity index (χ4n) is 3.88. The molecule has 35 heavy (non-hydrogen) atoms. The first-order chi connectivity index (χ1) is 16.6. The van der Waals surface area contributed by atoms with Crippen LogP contribution in [0, 0.1) is 0 Å². The highest BCUT2D eigenvalue weighted by molar-refractivity contribution is 6.30. The maximum atomic E-state index is 13.2. The first kappa shape index (κ1) is 24.7. The summed E-state index contributed by atoms with van der Waals surface area (Å²) in [4.78, 5) is 14.9. The van der Waals surface area contributed by atoms with Gasteiger partial charge in [-0.2, -0.15) is 0 Å². The van der Waals surface area contributed by atoms with Gasteiger partial charge in [0, 0.05) is 17.1 Å². The lowest BCUT2D eigenvalue weighted by Gasteiger charge is -2.28. The lowest BCUT2D eigenvalue weighted by molar-refractivity contribution is -0.274. The number of benzene rings is 3. The van der Waals surface area contributed by atoms with E-state index < -0.39 is 12.4 Å². The Balaban J connectivity index is 1.56. The number of hydrogen-bond acceptors (Lipinski definition) is 4. The van der Waals surface area contributed by atoms with Crippen LogP contribution in [0.25, 0.3) is 0 Å². The zero-order valence-electron chi connectivity index (χ0n) is 19.0. The smallest absolute Gasteiger partial charge is 0.491 e. The predicted molar refractivity (Wildman–Crippen MR) is 125 cm³/mol. The van der Waals surface area contributed by atoms with Crippen molar-refractivity contribution in [2.75, 3.05) is 6.61 Å². The molecule has 5 nitrogen and oxygen atoms in total. The van der Waals surface area contributed by atoms with E-state index in [0.29, 0.717) is 28.6 Å². The fraction of sp³-hybridized carbons (Fsp3) is 0.269. The van der Waals surface area contributed by atoms with Crippen LogP contribution < -0.4 is 14.2 Å². The van der Waals surface area contributed by atoms with Crippen molar-refractivity contribution in [2.45, 2.75) is 38.9 Å². The van der Waals surface area contributed by atoms with Crippen LogP contribution in [0.4, 0.5) is 13.2 Å². The highest BCUT2D eigenvalue weighted by Gasteiger charge is 2.34. The maximum Gasteiger partial charge on any atom is 0.573 e. The third kappa shape index (κ3) is 6.19. The second-order valence-corrected chi connectivity index (χ2v) is 8.75. The SMILES string of the molecule is CC(C)Oc1ccc(C(COc2ccc(OC(F)(F)F)cc2)N2Cc3cc(Cl)ccc3C2=O)cc1. The van der Waals surface area contributed by atoms with Crippen molar-refractivity contribution in [2.24, 2.45) is 0 Å². The van der Waals surface area contributed by atoms with Crippen molar-refractivity contribution >= 4 is 17.5 Å². The minimum absolute atomic E-state index is 0.0173. The van der Waals surface area contributed by atoms with E-state index in [4.69, 9.17) is 21.1 Å². The van der Waals surface area contributed by atoms with Gasteiger partial charge < -0.3 is 19.1 Å². The van der Waals surface area contributed by atoms with E-state index in [1.807, 2.05) is 38.1 Å². The highest BCUT2D eigenvalue weighted by Crippen LogP contribution is 2.34. The molecule has 0 bridgehead atoms. The Morgan fingerprint density at radius 3 is 2.20 bits per heavy atom. The van der Waals surface area contributed by atoms with Gasteiger partial charge in [0.1, 0.15) is 23.9 Å². The normalized spacial score (nSPS) is 14.1. The van der Waals surface area contributed by atoms with E-state index in [9.17, 15) is 18.0 Å². The first-order valence-corrected chi connectivity index (χ1v) is 11.3. The van der Waals surface area contributed by atoms with Crippen LogP contribution in [0.15, 0.2) is 66.7 Å². The molecule has 4 rings (SSSR count). The van der Waals surface area contributed by atoms with Crippen molar-refractivity contribution < 1.29 is 32.2 Å². The van der Waals surface area contributed by atoms with E-state index in [2.05, 4.69) is 4.74 Å². The lowest BCUT2D eigenvalue weighted by atomic mass is 10.1. The minimum Gasteiger partial charge on any atom is -0.491 e. The van der Waals surface area contributed by atoms with E-state index in [1.54, 1.807) is 23.1 Å². The summed E-state index contributed by atoms with van der Waals surface area (Å²) in [5.74, 6) is 0.550. The molecule has 3 aromatic rings. The summed E-state index contributed by atoms with van der Waals surface area (Å²) < 4.78 is 52.8. The zero-order valence-corrected chi connectivity index (χ0v) is 19.8. The van der Waals surface area contributed by atoms with Crippen molar-refractivity contribution in [1.82, 2.24) is 4.90 Å². The molecule has 0 spiro atoms. The molecule has 0 fully saturated rings. The molecule has 1 heterocycles. The summed E-state index contributed by atoms with van der Waals surface area (Å²) in [6.45, 7) is 4.30. The number of ether oxygens (including phenoxy) is 3. The van der Waals surface area contributed by atoms with Crippen LogP contribution in [-0.2, 0) is 6.54 Å². The molecule has 1 unspecified atom stereocenters. The summed E-state index contributed by atoms with van der Waals surface area (Å²) in [5.41, 5.74) is 2.22. The number of fused-ring (bicyclic) bond motifs is 1. The molecule has 0 saturated heterocycles. The van der Waals surface area contributed by atoms with Gasteiger partial charge in [-0.05, 0) is 79.6 Å². The van der Waals surface area contributed by atoms with Gasteiger partial charge in [-0.3, -0.25) is 4.79 Å². The lowest BCUT2D eigenvalue weighted by Crippen LogP contribution is -2.33. The van der Waals surface area contributed by atoms with Crippen LogP contribution in [0.3, 0.4) is 0 Å². The number of carbonyl (C=O) groups excluding carboxylic acids is 1. The fourth-order valence-corrected chi connectivity index (χ4v) is 4.08. The standard InChI is InChI=1S/C26H23ClF3NO4/c1-16(2)34-21-6-3-17(4-7-21)24(31-14-18-13-19(27)5-12-23(18)25(31)32)15-33-20-8-10-22(11-9-20)35-26(28,29)30/h3-13,16,24H,14-15H2,1-2H3. The van der Waals surface area contributed by atoms with Gasteiger partial charge >= 0.3 is 6.36 Å². The van der Waals surface area contributed by atoms with E-state index in [1.165, 1.54) is 24.3 Å². The third-order valence-corrected chi connectivity index (χ3v) is 5.61. The Morgan fingerprint density at radius 1 is 0.943 bits per heavy atom. The Labute approximate surface area is 206 Å². The average molecular weight is 506 g/mol. The molecule has 184 valence electrons. The molecular weight excluding hydrogens is 483 g/mol. The molecular formula is C26H23ClF3NO4. The number of amides is 1. The molecule has 0 N–H and O–H groups in total. The zero-order chi connectivity index (χ0) is 25.2. The number of alkyl halides is 3. The Hall–Kier alpha value is -3.39. The van der Waals surface area contributed by atoms with Crippen LogP contribution in [0.1, 0.15) is 41.4 Å². The predicted octanol–water partition coefficient (Wildman–Crippen LogP) is 6.80. The van der Waals surface area contributed by atoms with E-state index in [-0.39, 0.29) is 24.4 Å². The number of nitrogens with zero attached hydrogens (tertiary/aromatic N) is 1. The largest absolute Gasteiger partial charge is 0.573 e. The molecule has 1 atom stereocenters. The third-order valence-electron chi connectivity index (χ3n) is 5.38. The summed E-state index contributed by atoms with van der Waals surface area (Å²) in [6.07, 6.45) is -4.75. The molecule has 9 heteroatoms. The maximum absolute atomic E-state index is 13.2. The van der Waals surface area contributed by atoms with Gasteiger partial charge in [0.2, 0.25) is 0 Å². The van der Waals surface area contributed by atoms with Gasteiger partial charge in [-0.25, -0.2) is 0 Å². The molecule has 0 aliphatic carbocycles. The van der Waals surface area contributed by atoms with Crippen LogP contribution >= 0.6 is 11.6 Å². The van der Waals surface area contributed by atoms with Crippen LogP contribution in [0.2, 0.25) is 5.02 Å². The second-order valence-electron chi connectivity index (χ2n) is 8.32. The number of hydrogen-bond donors (Lipinski definition) is 0. The van der Waals surface area contributed by atoms with Gasteiger partial charge in [0.15, 0.2) is 0 Å². The number of carbonyl (C=O) groups is 1. The molecule has 1 aliphatic rings. The Morgan fingerprint density at radius 2 is 1.57 bits per heavy atom. The Kier molecular flexibility index (Phi) is 7.12. The highest BCUT2D eigenvalue weighted by atomic mass is 35.5. The van der Waals surface area contributed by atoms with Crippen molar-refractivity contribution in [3.8, 4) is 17.2 Å². The van der Waals surface area contributed by atoms with Gasteiger partial charge in [-0.15, -0.1) is 13.2 Å². The molecule has 3 aromatic carbocycles. The summed E-state index contributed by atoms with van der Waals surface area (Å²) >= 11 is 6.12. The Bertz CT molecular complexity index is 1180. The monoisotopic (exact) mass is 505 g/mol. The molecule has 1 aliphatic heterocycles. The van der Waals surface area contributed by atoms with Gasteiger partial charge in [0.25, 0.3) is 5.91 Å². The second kappa shape index (κ2) is 10.1. The number of rotatable bonds is 8. The minimum atomic E-state index is -4.77. The first-order valence-electron chi connectivity index (χ1n) is 10.9. The molecule has 0 radical (unpaired) electrons. The summed E-state index contributed by atoms with van der Waals surface area (Å²) in [6, 6.07) is 17.2. The molecule has 0 aromatic heterocycles. The van der Waals surface area contributed by atoms with E-state index in [0.717, 1.165) is 11.1 Å². The van der Waals surface area contributed by atoms with Crippen molar-refractivity contribution in [3.63, 3.8) is 0 Å². The van der Waals surface area contributed by atoms with Gasteiger partial charge in [0.05, 0.1) is 12.1 Å². The topological polar surface area (TPSA) is 48.0 Å². The molecule has 1 amide bonds. The van der Waals surface area contributed by atoms with Crippen LogP contribution in [0.5, 0.6) is 17.2 Å². The summed E-state index contributed by atoms with van der Waals surface area (Å²) in [7, 11) is 0. The molecule has 0 saturated carbocycles. The average Bonchev–Trinajstić information content (AvgIpc) is 3.10. The summed E-state index contributed by atoms with van der Waals surface area (Å²) in [5, 5.41) is 0.544. The van der Waals surface area contributed by atoms with Crippen LogP contribution in [-0.4, -0.2) is 29.9 Å². The van der Waals surface area contributed by atoms with Crippen molar-refractivity contribution in [3.05, 3.63) is 88.4 Å². The van der Waals surface area contributed by atoms with Crippen molar-refractivity contribution in [1.29, 1.82) is 0 Å². The quantitative estimate of drug-likeness (QED) is 0.338. The number of halogens is 4.